The Balaban J connectivity index is 3.50. The van der Waals surface area contributed by atoms with Crippen LogP contribution in [0.4, 0.5) is 0 Å². The second-order valence-electron chi connectivity index (χ2n) is 2.48. The number of hydrogen-bond donors (Lipinski definition) is 0. The van der Waals surface area contributed by atoms with Crippen LogP contribution < -0.4 is 0 Å². The van der Waals surface area contributed by atoms with Crippen LogP contribution in [-0.2, 0) is 0 Å². The third-order valence-electron chi connectivity index (χ3n) is 2.03. The van der Waals surface area contributed by atoms with Gasteiger partial charge in [-0.15, -0.1) is 0 Å². The first kappa shape index (κ1) is 9.39. The molecule has 0 aliphatic heterocycles. The first-order chi connectivity index (χ1) is 4.26. The molecule has 0 rings (SSSR count). The van der Waals surface area contributed by atoms with Crippen molar-refractivity contribution in [2.24, 2.45) is 0 Å². The van der Waals surface area contributed by atoms with Gasteiger partial charge in [0.1, 0.15) is 0 Å². The number of hydrogen-bond acceptors (Lipinski definition) is 1. The fourth-order valence-electron chi connectivity index (χ4n) is 1.11. The van der Waals surface area contributed by atoms with Crippen LogP contribution in [-0.4, -0.2) is 29.6 Å². The molecule has 0 aliphatic carbocycles. The Morgan fingerprint density at radius 3 is 1.89 bits per heavy atom. The molecule has 0 N–H and O–H groups in total. The summed E-state index contributed by atoms with van der Waals surface area (Å²) in [6, 6.07) is 0.887. The summed E-state index contributed by atoms with van der Waals surface area (Å²) in [4.78, 5) is 0. The predicted molar refractivity (Wildman–Crippen MR) is 50.4 cm³/mol. The van der Waals surface area contributed by atoms with E-state index in [0.29, 0.717) is 0 Å². The van der Waals surface area contributed by atoms with E-state index in [0.717, 1.165) is 6.04 Å². The first-order valence-electron chi connectivity index (χ1n) is 4.00. The average molecular weight is 161 g/mol. The molecule has 1 atom stereocenters. The highest BCUT2D eigenvalue weighted by molar-refractivity contribution is 6.48. The molecule has 3 heteroatoms. The van der Waals surface area contributed by atoms with E-state index in [1.165, 1.54) is 6.42 Å². The third-order valence-corrected chi connectivity index (χ3v) is 7.58. The van der Waals surface area contributed by atoms with Crippen molar-refractivity contribution in [2.45, 2.75) is 39.4 Å². The molecule has 0 aromatic carbocycles. The van der Waals surface area contributed by atoms with E-state index >= 15 is 0 Å². The highest BCUT2D eigenvalue weighted by Gasteiger charge is 2.05. The van der Waals surface area contributed by atoms with E-state index < -0.39 is 0 Å². The standard InChI is InChI=1S/C6H19NSi2/c1-5-6(2)7(8-3)9-4/h6H,5,8-9H2,1-4H3. The summed E-state index contributed by atoms with van der Waals surface area (Å²) in [5.74, 6) is 0. The molecule has 0 heterocycles. The van der Waals surface area contributed by atoms with Crippen LogP contribution >= 0.6 is 0 Å². The van der Waals surface area contributed by atoms with E-state index in [1.54, 1.807) is 0 Å². The molecular weight excluding hydrogens is 142 g/mol. The maximum absolute atomic E-state index is 2.75. The molecule has 0 spiro atoms. The Labute approximate surface area is 63.6 Å². The molecular formula is C6H19NSi2. The second kappa shape index (κ2) is 5.20. The second-order valence-corrected chi connectivity index (χ2v) is 6.26. The van der Waals surface area contributed by atoms with Crippen molar-refractivity contribution >= 4 is 19.4 Å². The minimum absolute atomic E-state index is 0.165. The van der Waals surface area contributed by atoms with Gasteiger partial charge in [0.2, 0.25) is 0 Å². The molecule has 0 aromatic heterocycles. The SMILES string of the molecule is CCC(C)N([SiH2]C)[SiH2]C. The lowest BCUT2D eigenvalue weighted by atomic mass is 10.3. The van der Waals surface area contributed by atoms with Crippen LogP contribution in [0.2, 0.25) is 13.1 Å². The van der Waals surface area contributed by atoms with Crippen molar-refractivity contribution in [3.8, 4) is 0 Å². The highest BCUT2D eigenvalue weighted by Crippen LogP contribution is 1.98. The van der Waals surface area contributed by atoms with Crippen LogP contribution in [0.15, 0.2) is 0 Å². The van der Waals surface area contributed by atoms with E-state index in [1.807, 2.05) is 0 Å². The molecule has 0 aromatic rings. The molecule has 1 unspecified atom stereocenters. The van der Waals surface area contributed by atoms with Crippen molar-refractivity contribution in [3.05, 3.63) is 0 Å². The molecule has 0 saturated heterocycles. The van der Waals surface area contributed by atoms with Crippen molar-refractivity contribution in [1.82, 2.24) is 4.23 Å². The summed E-state index contributed by atoms with van der Waals surface area (Å²) in [6.07, 6.45) is 1.34. The summed E-state index contributed by atoms with van der Waals surface area (Å²) < 4.78 is 2.75. The van der Waals surface area contributed by atoms with Gasteiger partial charge in [-0.05, 0) is 12.5 Å². The maximum Gasteiger partial charge on any atom is 0.0842 e. The van der Waals surface area contributed by atoms with Crippen molar-refractivity contribution in [2.75, 3.05) is 0 Å². The van der Waals surface area contributed by atoms with Crippen molar-refractivity contribution < 1.29 is 0 Å². The van der Waals surface area contributed by atoms with Gasteiger partial charge < -0.3 is 4.23 Å². The monoisotopic (exact) mass is 161 g/mol. The number of rotatable bonds is 4. The van der Waals surface area contributed by atoms with Gasteiger partial charge in [0.15, 0.2) is 0 Å². The number of nitrogens with zero attached hydrogens (tertiary/aromatic N) is 1. The summed E-state index contributed by atoms with van der Waals surface area (Å²) in [5.41, 5.74) is 0. The normalized spacial score (nSPS) is 17.0. The summed E-state index contributed by atoms with van der Waals surface area (Å²) in [5, 5.41) is 0. The van der Waals surface area contributed by atoms with Crippen LogP contribution in [0.5, 0.6) is 0 Å². The Morgan fingerprint density at radius 2 is 1.78 bits per heavy atom. The zero-order valence-corrected chi connectivity index (χ0v) is 9.97. The van der Waals surface area contributed by atoms with Gasteiger partial charge in [0.25, 0.3) is 0 Å². The van der Waals surface area contributed by atoms with Gasteiger partial charge in [-0.3, -0.25) is 0 Å². The summed E-state index contributed by atoms with van der Waals surface area (Å²) in [6.45, 7) is 9.42. The zero-order chi connectivity index (χ0) is 7.28. The first-order valence-corrected chi connectivity index (χ1v) is 8.09. The van der Waals surface area contributed by atoms with Crippen molar-refractivity contribution in [3.63, 3.8) is 0 Å². The average Bonchev–Trinajstić information content (AvgIpc) is 1.90. The van der Waals surface area contributed by atoms with Crippen molar-refractivity contribution in [1.29, 1.82) is 0 Å². The van der Waals surface area contributed by atoms with E-state index in [4.69, 9.17) is 0 Å². The van der Waals surface area contributed by atoms with Gasteiger partial charge in [-0.2, -0.15) is 0 Å². The Hall–Kier alpha value is 0.394. The van der Waals surface area contributed by atoms with Crippen LogP contribution in [0, 0.1) is 0 Å². The largest absolute Gasteiger partial charge is 0.353 e. The van der Waals surface area contributed by atoms with E-state index in [9.17, 15) is 0 Å². The maximum atomic E-state index is 2.75. The van der Waals surface area contributed by atoms with Crippen LogP contribution in [0.3, 0.4) is 0 Å². The minimum atomic E-state index is 0.165. The molecule has 0 radical (unpaired) electrons. The predicted octanol–water partition coefficient (Wildman–Crippen LogP) is 0.351. The lowest BCUT2D eigenvalue weighted by molar-refractivity contribution is 0.495. The molecule has 56 valence electrons. The van der Waals surface area contributed by atoms with E-state index in [2.05, 4.69) is 31.2 Å². The summed E-state index contributed by atoms with van der Waals surface area (Å²) in [7, 11) is 0.329. The molecule has 9 heavy (non-hydrogen) atoms. The molecule has 0 amide bonds. The lowest BCUT2D eigenvalue weighted by Crippen LogP contribution is -2.36. The smallest absolute Gasteiger partial charge is 0.0842 e. The fraction of sp³-hybridized carbons (Fsp3) is 1.00. The Morgan fingerprint density at radius 1 is 1.33 bits per heavy atom. The molecule has 0 aliphatic rings. The highest BCUT2D eigenvalue weighted by atomic mass is 28.3. The Kier molecular flexibility index (Phi) is 5.43. The lowest BCUT2D eigenvalue weighted by Gasteiger charge is -2.25. The van der Waals surface area contributed by atoms with Crippen LogP contribution in [0.1, 0.15) is 20.3 Å². The molecule has 0 bridgehead atoms. The van der Waals surface area contributed by atoms with Gasteiger partial charge in [0, 0.05) is 0 Å². The van der Waals surface area contributed by atoms with Gasteiger partial charge >= 0.3 is 0 Å². The molecule has 0 fully saturated rings. The summed E-state index contributed by atoms with van der Waals surface area (Å²) >= 11 is 0. The fourth-order valence-corrected chi connectivity index (χ4v) is 4.66. The zero-order valence-electron chi connectivity index (χ0n) is 7.15. The Bertz CT molecular complexity index is 64.1. The van der Waals surface area contributed by atoms with Crippen LogP contribution in [0.25, 0.3) is 0 Å². The van der Waals surface area contributed by atoms with Gasteiger partial charge in [-0.25, -0.2) is 0 Å². The quantitative estimate of drug-likeness (QED) is 0.538. The van der Waals surface area contributed by atoms with E-state index in [-0.39, 0.29) is 19.4 Å². The minimum Gasteiger partial charge on any atom is -0.353 e. The molecule has 0 saturated carbocycles. The topological polar surface area (TPSA) is 3.24 Å². The van der Waals surface area contributed by atoms with Gasteiger partial charge in [-0.1, -0.05) is 26.9 Å². The third kappa shape index (κ3) is 3.18. The molecule has 1 nitrogen and oxygen atoms in total. The van der Waals surface area contributed by atoms with Gasteiger partial charge in [0.05, 0.1) is 19.4 Å².